The summed E-state index contributed by atoms with van der Waals surface area (Å²) in [7, 11) is 0. The molecule has 1 aliphatic carbocycles. The zero-order chi connectivity index (χ0) is 24.0. The molecule has 3 aromatic rings. The van der Waals surface area contributed by atoms with Crippen LogP contribution in [0.3, 0.4) is 0 Å². The van der Waals surface area contributed by atoms with Crippen molar-refractivity contribution in [3.63, 3.8) is 0 Å². The summed E-state index contributed by atoms with van der Waals surface area (Å²) in [4.78, 5) is 19.1. The third-order valence-corrected chi connectivity index (χ3v) is 7.81. The number of carbonyl (C=O) groups excluding carboxylic acids is 1. The highest BCUT2D eigenvalue weighted by Crippen LogP contribution is 2.34. The summed E-state index contributed by atoms with van der Waals surface area (Å²) in [5, 5.41) is 1.12. The highest BCUT2D eigenvalue weighted by Gasteiger charge is 2.40. The van der Waals surface area contributed by atoms with Gasteiger partial charge in [0.25, 0.3) is 0 Å². The topological polar surface area (TPSA) is 64.2 Å². The highest BCUT2D eigenvalue weighted by atomic mass is 35.5. The summed E-state index contributed by atoms with van der Waals surface area (Å²) >= 11 is 12.5. The zero-order valence-corrected chi connectivity index (χ0v) is 20.5. The lowest BCUT2D eigenvalue weighted by Crippen LogP contribution is -2.54. The second-order valence-electron chi connectivity index (χ2n) is 9.41. The third kappa shape index (κ3) is 4.12. The van der Waals surface area contributed by atoms with Crippen molar-refractivity contribution in [3.8, 4) is 0 Å². The van der Waals surface area contributed by atoms with Crippen LogP contribution < -0.4 is 5.73 Å². The van der Waals surface area contributed by atoms with E-state index >= 15 is 4.39 Å². The van der Waals surface area contributed by atoms with Gasteiger partial charge in [0.1, 0.15) is 5.52 Å². The molecule has 0 radical (unpaired) electrons. The minimum atomic E-state index is -0.720. The Hall–Kier alpha value is -2.41. The van der Waals surface area contributed by atoms with Gasteiger partial charge in [-0.15, -0.1) is 0 Å². The van der Waals surface area contributed by atoms with Gasteiger partial charge in [-0.3, -0.25) is 4.79 Å². The van der Waals surface area contributed by atoms with E-state index in [4.69, 9.17) is 28.9 Å². The summed E-state index contributed by atoms with van der Waals surface area (Å²) in [5.41, 5.74) is 9.37. The van der Waals surface area contributed by atoms with Gasteiger partial charge in [0.05, 0.1) is 23.4 Å². The molecule has 0 spiro atoms. The second kappa shape index (κ2) is 8.99. The van der Waals surface area contributed by atoms with Gasteiger partial charge < -0.3 is 15.2 Å². The molecule has 1 fully saturated rings. The molecule has 0 saturated heterocycles. The van der Waals surface area contributed by atoms with E-state index in [1.807, 2.05) is 34.6 Å². The Kier molecular flexibility index (Phi) is 6.17. The number of fused-ring (bicyclic) bond motifs is 1. The van der Waals surface area contributed by atoms with Gasteiger partial charge >= 0.3 is 0 Å². The standard InChI is InChI=1S/C26H27Cl2FN4O/c1-16(20-5-4-19(27)14-21(20)28)33-15-31-24-22(29)12-18(13-23(24)33)17-6-10-32(11-7-17)25(34)26(30)8-2-3-9-26/h4-6,12-16H,2-3,7-11,30H2,1H3/t16-/m1/s1. The molecular weight excluding hydrogens is 474 g/mol. The largest absolute Gasteiger partial charge is 0.337 e. The van der Waals surface area contributed by atoms with E-state index < -0.39 is 5.54 Å². The minimum absolute atomic E-state index is 0.0358. The normalized spacial score (nSPS) is 18.9. The Balaban J connectivity index is 1.44. The molecular formula is C26H27Cl2FN4O. The highest BCUT2D eigenvalue weighted by molar-refractivity contribution is 6.35. The van der Waals surface area contributed by atoms with Crippen molar-refractivity contribution in [1.29, 1.82) is 0 Å². The first-order valence-electron chi connectivity index (χ1n) is 11.7. The molecule has 5 rings (SSSR count). The first-order chi connectivity index (χ1) is 16.3. The predicted molar refractivity (Wildman–Crippen MR) is 135 cm³/mol. The number of aromatic nitrogens is 2. The summed E-state index contributed by atoms with van der Waals surface area (Å²) in [5.74, 6) is -0.333. The number of nitrogens with two attached hydrogens (primary N) is 1. The maximum Gasteiger partial charge on any atom is 0.242 e. The fourth-order valence-electron chi connectivity index (χ4n) is 5.23. The molecule has 34 heavy (non-hydrogen) atoms. The van der Waals surface area contributed by atoms with E-state index in [0.29, 0.717) is 40.6 Å². The second-order valence-corrected chi connectivity index (χ2v) is 10.3. The van der Waals surface area contributed by atoms with E-state index in [0.717, 1.165) is 42.4 Å². The van der Waals surface area contributed by atoms with E-state index in [-0.39, 0.29) is 17.8 Å². The Morgan fingerprint density at radius 1 is 1.21 bits per heavy atom. The lowest BCUT2D eigenvalue weighted by atomic mass is 9.94. The number of rotatable bonds is 4. The molecule has 2 N–H and O–H groups in total. The van der Waals surface area contributed by atoms with E-state index in [1.54, 1.807) is 18.5 Å². The quantitative estimate of drug-likeness (QED) is 0.479. The minimum Gasteiger partial charge on any atom is -0.337 e. The summed E-state index contributed by atoms with van der Waals surface area (Å²) in [6.07, 6.45) is 7.82. The van der Waals surface area contributed by atoms with Crippen LogP contribution in [0, 0.1) is 5.82 Å². The molecule has 2 aliphatic rings. The number of amides is 1. The fraction of sp³-hybridized carbons (Fsp3) is 0.385. The first kappa shape index (κ1) is 23.3. The van der Waals surface area contributed by atoms with E-state index in [1.165, 1.54) is 6.07 Å². The van der Waals surface area contributed by atoms with Gasteiger partial charge in [-0.05, 0) is 67.2 Å². The molecule has 2 aromatic carbocycles. The Morgan fingerprint density at radius 3 is 2.65 bits per heavy atom. The summed E-state index contributed by atoms with van der Waals surface area (Å²) < 4.78 is 17.0. The zero-order valence-electron chi connectivity index (χ0n) is 19.0. The molecule has 1 amide bonds. The molecule has 1 aliphatic heterocycles. The molecule has 1 aromatic heterocycles. The van der Waals surface area contributed by atoms with Crippen LogP contribution in [0.4, 0.5) is 4.39 Å². The van der Waals surface area contributed by atoms with Gasteiger partial charge in [-0.25, -0.2) is 9.37 Å². The summed E-state index contributed by atoms with van der Waals surface area (Å²) in [6.45, 7) is 3.07. The van der Waals surface area contributed by atoms with Gasteiger partial charge in [-0.1, -0.05) is 48.2 Å². The van der Waals surface area contributed by atoms with E-state index in [9.17, 15) is 4.79 Å². The first-order valence-corrected chi connectivity index (χ1v) is 12.4. The number of benzene rings is 2. The van der Waals surface area contributed by atoms with Crippen LogP contribution in [0.1, 0.15) is 56.2 Å². The Labute approximate surface area is 208 Å². The van der Waals surface area contributed by atoms with Gasteiger partial charge in [-0.2, -0.15) is 0 Å². The average molecular weight is 501 g/mol. The van der Waals surface area contributed by atoms with Crippen LogP contribution in [0.25, 0.3) is 16.6 Å². The lowest BCUT2D eigenvalue weighted by molar-refractivity contribution is -0.136. The molecule has 8 heteroatoms. The van der Waals surface area contributed by atoms with Crippen molar-refractivity contribution in [2.75, 3.05) is 13.1 Å². The lowest BCUT2D eigenvalue weighted by Gasteiger charge is -2.33. The molecule has 1 atom stereocenters. The number of hydrogen-bond donors (Lipinski definition) is 1. The fourth-order valence-corrected chi connectivity index (χ4v) is 5.79. The Bertz CT molecular complexity index is 1300. The summed E-state index contributed by atoms with van der Waals surface area (Å²) in [6, 6.07) is 8.72. The molecule has 0 bridgehead atoms. The number of carbonyl (C=O) groups is 1. The number of hydrogen-bond acceptors (Lipinski definition) is 3. The maximum absolute atomic E-state index is 15.0. The van der Waals surface area contributed by atoms with Crippen LogP contribution in [0.5, 0.6) is 0 Å². The van der Waals surface area contributed by atoms with Crippen molar-refractivity contribution in [2.24, 2.45) is 5.73 Å². The van der Waals surface area contributed by atoms with Crippen LogP contribution >= 0.6 is 23.2 Å². The van der Waals surface area contributed by atoms with Gasteiger partial charge in [0, 0.05) is 23.1 Å². The third-order valence-electron chi connectivity index (χ3n) is 7.25. The van der Waals surface area contributed by atoms with Crippen LogP contribution in [0.2, 0.25) is 10.0 Å². The molecule has 1 saturated carbocycles. The van der Waals surface area contributed by atoms with Crippen LogP contribution in [0.15, 0.2) is 42.7 Å². The van der Waals surface area contributed by atoms with Gasteiger partial charge in [0.2, 0.25) is 5.91 Å². The SMILES string of the molecule is C[C@H](c1ccc(Cl)cc1Cl)n1cnc2c(F)cc(C3=CCN(C(=O)C4(N)CCCC4)CC3)cc21. The molecule has 5 nitrogen and oxygen atoms in total. The average Bonchev–Trinajstić information content (AvgIpc) is 3.46. The Morgan fingerprint density at radius 2 is 1.97 bits per heavy atom. The van der Waals surface area contributed by atoms with Crippen LogP contribution in [-0.4, -0.2) is 39.0 Å². The molecule has 178 valence electrons. The molecule has 0 unspecified atom stereocenters. The van der Waals surface area contributed by atoms with Crippen LogP contribution in [-0.2, 0) is 4.79 Å². The smallest absolute Gasteiger partial charge is 0.242 e. The number of halogens is 3. The van der Waals surface area contributed by atoms with Crippen molar-refractivity contribution in [2.45, 2.75) is 50.6 Å². The molecule has 2 heterocycles. The monoisotopic (exact) mass is 500 g/mol. The predicted octanol–water partition coefficient (Wildman–Crippen LogP) is 5.98. The van der Waals surface area contributed by atoms with E-state index in [2.05, 4.69) is 4.98 Å². The van der Waals surface area contributed by atoms with Crippen molar-refractivity contribution >= 4 is 45.7 Å². The number of imidazole rings is 1. The van der Waals surface area contributed by atoms with Crippen molar-refractivity contribution < 1.29 is 9.18 Å². The van der Waals surface area contributed by atoms with Gasteiger partial charge in [0.15, 0.2) is 5.82 Å². The van der Waals surface area contributed by atoms with Crippen molar-refractivity contribution in [3.05, 3.63) is 69.7 Å². The van der Waals surface area contributed by atoms with Crippen molar-refractivity contribution in [1.82, 2.24) is 14.5 Å². The maximum atomic E-state index is 15.0. The number of nitrogens with zero attached hydrogens (tertiary/aromatic N) is 3.